The molecule has 2 aliphatic carbocycles. The van der Waals surface area contributed by atoms with Gasteiger partial charge in [0.15, 0.2) is 0 Å². The molecule has 0 saturated carbocycles. The van der Waals surface area contributed by atoms with Crippen molar-refractivity contribution in [1.29, 1.82) is 0 Å². The minimum absolute atomic E-state index is 0.0291. The second-order valence-electron chi connectivity index (χ2n) is 3.85. The predicted octanol–water partition coefficient (Wildman–Crippen LogP) is 0.868. The second kappa shape index (κ2) is 2.79. The summed E-state index contributed by atoms with van der Waals surface area (Å²) in [4.78, 5) is 23.0. The minimum atomic E-state index is -0.321. The van der Waals surface area contributed by atoms with E-state index in [4.69, 9.17) is 0 Å². The van der Waals surface area contributed by atoms with Gasteiger partial charge in [-0.15, -0.1) is 0 Å². The first-order chi connectivity index (χ1) is 7.27. The molecular formula is C12H9NO2. The molecule has 1 aliphatic heterocycles. The van der Waals surface area contributed by atoms with Gasteiger partial charge in [-0.25, -0.2) is 0 Å². The molecule has 1 N–H and O–H groups in total. The Balaban J connectivity index is 2.12. The fourth-order valence-corrected chi connectivity index (χ4v) is 2.31. The van der Waals surface area contributed by atoms with E-state index in [0.29, 0.717) is 5.57 Å². The maximum atomic E-state index is 11.6. The van der Waals surface area contributed by atoms with Crippen LogP contribution in [-0.2, 0) is 9.59 Å². The van der Waals surface area contributed by atoms with Crippen LogP contribution in [-0.4, -0.2) is 11.8 Å². The third-order valence-corrected chi connectivity index (χ3v) is 3.03. The van der Waals surface area contributed by atoms with E-state index in [1.165, 1.54) is 0 Å². The van der Waals surface area contributed by atoms with Crippen LogP contribution in [0.2, 0.25) is 0 Å². The van der Waals surface area contributed by atoms with Crippen LogP contribution in [0, 0.1) is 11.8 Å². The molecular weight excluding hydrogens is 190 g/mol. The lowest BCUT2D eigenvalue weighted by molar-refractivity contribution is -0.125. The first-order valence-corrected chi connectivity index (χ1v) is 4.89. The predicted molar refractivity (Wildman–Crippen MR) is 54.6 cm³/mol. The zero-order valence-corrected chi connectivity index (χ0v) is 7.94. The van der Waals surface area contributed by atoms with Crippen molar-refractivity contribution in [1.82, 2.24) is 5.32 Å². The number of allylic oxidation sites excluding steroid dienone is 7. The lowest BCUT2D eigenvalue weighted by Crippen LogP contribution is -2.27. The van der Waals surface area contributed by atoms with Gasteiger partial charge in [-0.05, 0) is 5.57 Å². The number of carbonyl (C=O) groups excluding carboxylic acids is 2. The Kier molecular flexibility index (Phi) is 1.57. The van der Waals surface area contributed by atoms with Crippen LogP contribution in [0.4, 0.5) is 0 Å². The summed E-state index contributed by atoms with van der Waals surface area (Å²) in [7, 11) is 0. The van der Waals surface area contributed by atoms with Crippen LogP contribution in [0.1, 0.15) is 0 Å². The van der Waals surface area contributed by atoms with Crippen LogP contribution >= 0.6 is 0 Å². The molecule has 1 saturated heterocycles. The van der Waals surface area contributed by atoms with E-state index in [-0.39, 0.29) is 23.7 Å². The average molecular weight is 199 g/mol. The summed E-state index contributed by atoms with van der Waals surface area (Å²) < 4.78 is 0. The number of carbonyl (C=O) groups is 2. The number of hydrogen-bond acceptors (Lipinski definition) is 2. The number of hydrogen-bond donors (Lipinski definition) is 1. The average Bonchev–Trinajstić information content (AvgIpc) is 2.55. The number of amides is 2. The first-order valence-electron chi connectivity index (χ1n) is 4.89. The topological polar surface area (TPSA) is 46.2 Å². The fourth-order valence-electron chi connectivity index (χ4n) is 2.31. The van der Waals surface area contributed by atoms with E-state index in [9.17, 15) is 9.59 Å². The van der Waals surface area contributed by atoms with Crippen molar-refractivity contribution in [2.24, 2.45) is 11.8 Å². The number of fused-ring (bicyclic) bond motifs is 3. The normalized spacial score (nSPS) is 31.7. The second-order valence-corrected chi connectivity index (χ2v) is 3.85. The van der Waals surface area contributed by atoms with Crippen molar-refractivity contribution in [2.75, 3.05) is 0 Å². The Morgan fingerprint density at radius 2 is 2.00 bits per heavy atom. The van der Waals surface area contributed by atoms with Crippen molar-refractivity contribution in [3.8, 4) is 0 Å². The summed E-state index contributed by atoms with van der Waals surface area (Å²) >= 11 is 0. The van der Waals surface area contributed by atoms with Crippen LogP contribution in [0.3, 0.4) is 0 Å². The monoisotopic (exact) mass is 199 g/mol. The Morgan fingerprint density at radius 3 is 2.87 bits per heavy atom. The zero-order chi connectivity index (χ0) is 10.4. The van der Waals surface area contributed by atoms with Crippen LogP contribution in [0.25, 0.3) is 0 Å². The van der Waals surface area contributed by atoms with E-state index in [1.807, 2.05) is 30.4 Å². The number of imide groups is 1. The molecule has 3 heteroatoms. The third-order valence-electron chi connectivity index (χ3n) is 3.03. The van der Waals surface area contributed by atoms with E-state index >= 15 is 0 Å². The van der Waals surface area contributed by atoms with E-state index in [2.05, 4.69) is 5.32 Å². The van der Waals surface area contributed by atoms with E-state index in [1.54, 1.807) is 6.08 Å². The molecule has 3 nitrogen and oxygen atoms in total. The summed E-state index contributed by atoms with van der Waals surface area (Å²) in [6.45, 7) is 0. The maximum absolute atomic E-state index is 11.6. The molecule has 0 spiro atoms. The SMILES string of the molecule is O=C1NC(=O)C2C1=CC=C1C=CC=CC12. The zero-order valence-electron chi connectivity index (χ0n) is 7.94. The number of nitrogens with one attached hydrogen (secondary N) is 1. The van der Waals surface area contributed by atoms with E-state index < -0.39 is 0 Å². The molecule has 1 heterocycles. The van der Waals surface area contributed by atoms with Gasteiger partial charge < -0.3 is 0 Å². The Labute approximate surface area is 86.9 Å². The molecule has 3 aliphatic rings. The lowest BCUT2D eigenvalue weighted by Gasteiger charge is -2.24. The molecule has 0 bridgehead atoms. The molecule has 0 aromatic carbocycles. The Hall–Kier alpha value is -1.90. The van der Waals surface area contributed by atoms with Crippen molar-refractivity contribution in [2.45, 2.75) is 0 Å². The van der Waals surface area contributed by atoms with Gasteiger partial charge in [-0.1, -0.05) is 36.5 Å². The van der Waals surface area contributed by atoms with Gasteiger partial charge in [-0.2, -0.15) is 0 Å². The molecule has 74 valence electrons. The lowest BCUT2D eigenvalue weighted by atomic mass is 9.76. The molecule has 15 heavy (non-hydrogen) atoms. The molecule has 2 unspecified atom stereocenters. The maximum Gasteiger partial charge on any atom is 0.254 e. The Bertz CT molecular complexity index is 480. The van der Waals surface area contributed by atoms with Crippen LogP contribution in [0.5, 0.6) is 0 Å². The highest BCUT2D eigenvalue weighted by atomic mass is 16.2. The fraction of sp³-hybridized carbons (Fsp3) is 0.167. The van der Waals surface area contributed by atoms with Gasteiger partial charge in [0.2, 0.25) is 5.91 Å². The first kappa shape index (κ1) is 8.41. The van der Waals surface area contributed by atoms with Crippen LogP contribution < -0.4 is 5.32 Å². The summed E-state index contributed by atoms with van der Waals surface area (Å²) in [6.07, 6.45) is 11.5. The van der Waals surface area contributed by atoms with Crippen LogP contribution in [0.15, 0.2) is 47.6 Å². The quantitative estimate of drug-likeness (QED) is 0.588. The molecule has 0 aromatic heterocycles. The molecule has 0 aromatic rings. The van der Waals surface area contributed by atoms with Crippen molar-refractivity contribution in [3.05, 3.63) is 47.6 Å². The number of rotatable bonds is 0. The highest BCUT2D eigenvalue weighted by Gasteiger charge is 2.42. The van der Waals surface area contributed by atoms with Gasteiger partial charge in [0.25, 0.3) is 5.91 Å². The third kappa shape index (κ3) is 1.06. The summed E-state index contributed by atoms with van der Waals surface area (Å²) in [5.41, 5.74) is 1.69. The largest absolute Gasteiger partial charge is 0.292 e. The summed E-state index contributed by atoms with van der Waals surface area (Å²) in [5, 5.41) is 2.35. The van der Waals surface area contributed by atoms with Gasteiger partial charge in [0.05, 0.1) is 5.92 Å². The molecule has 3 rings (SSSR count). The summed E-state index contributed by atoms with van der Waals surface area (Å²) in [5.74, 6) is -0.717. The molecule has 2 atom stereocenters. The Morgan fingerprint density at radius 1 is 1.13 bits per heavy atom. The van der Waals surface area contributed by atoms with Gasteiger partial charge in [0.1, 0.15) is 0 Å². The van der Waals surface area contributed by atoms with Gasteiger partial charge >= 0.3 is 0 Å². The summed E-state index contributed by atoms with van der Waals surface area (Å²) in [6, 6.07) is 0. The highest BCUT2D eigenvalue weighted by Crippen LogP contribution is 2.37. The molecule has 0 radical (unpaired) electrons. The van der Waals surface area contributed by atoms with Gasteiger partial charge in [0, 0.05) is 11.5 Å². The minimum Gasteiger partial charge on any atom is -0.292 e. The molecule has 2 amide bonds. The standard InChI is InChI=1S/C12H9NO2/c14-11-9-6-5-7-3-1-2-4-8(7)10(9)12(15)13-11/h1-6,8,10H,(H,13,14,15). The van der Waals surface area contributed by atoms with Crippen molar-refractivity contribution >= 4 is 11.8 Å². The van der Waals surface area contributed by atoms with E-state index in [0.717, 1.165) is 5.57 Å². The smallest absolute Gasteiger partial charge is 0.254 e. The molecule has 1 fully saturated rings. The van der Waals surface area contributed by atoms with Gasteiger partial charge in [-0.3, -0.25) is 14.9 Å². The van der Waals surface area contributed by atoms with Crippen molar-refractivity contribution in [3.63, 3.8) is 0 Å². The van der Waals surface area contributed by atoms with Crippen molar-refractivity contribution < 1.29 is 9.59 Å². The highest BCUT2D eigenvalue weighted by molar-refractivity contribution is 6.15.